The van der Waals surface area contributed by atoms with Gasteiger partial charge >= 0.3 is 6.36 Å². The molecule has 1 heterocycles. The van der Waals surface area contributed by atoms with E-state index in [1.165, 1.54) is 30.3 Å². The highest BCUT2D eigenvalue weighted by Crippen LogP contribution is 2.27. The van der Waals surface area contributed by atoms with Gasteiger partial charge in [0, 0.05) is 24.2 Å². The van der Waals surface area contributed by atoms with Crippen LogP contribution in [0.25, 0.3) is 6.08 Å². The van der Waals surface area contributed by atoms with Gasteiger partial charge in [-0.2, -0.15) is 4.84 Å². The summed E-state index contributed by atoms with van der Waals surface area (Å²) < 4.78 is 64.1. The highest BCUT2D eigenvalue weighted by molar-refractivity contribution is 7.89. The first kappa shape index (κ1) is 24.1. The van der Waals surface area contributed by atoms with E-state index >= 15 is 0 Å². The van der Waals surface area contributed by atoms with Crippen molar-refractivity contribution < 1.29 is 31.2 Å². The fraction of sp³-hybridized carbons (Fsp3) is 0.0909. The number of halogens is 3. The molecule has 1 amide bonds. The molecule has 11 heteroatoms. The third-order valence-corrected chi connectivity index (χ3v) is 5.79. The lowest BCUT2D eigenvalue weighted by Gasteiger charge is -2.22. The van der Waals surface area contributed by atoms with Crippen LogP contribution in [0.3, 0.4) is 0 Å². The Bertz CT molecular complexity index is 1200. The summed E-state index contributed by atoms with van der Waals surface area (Å²) in [5.74, 6) is -0.478. The van der Waals surface area contributed by atoms with Crippen LogP contribution in [0.5, 0.6) is 0 Å². The first-order valence-electron chi connectivity index (χ1n) is 9.45. The van der Waals surface area contributed by atoms with Gasteiger partial charge in [0.05, 0.1) is 11.4 Å². The van der Waals surface area contributed by atoms with E-state index in [9.17, 15) is 26.4 Å². The Kier molecular flexibility index (Phi) is 7.59. The molecule has 0 aliphatic heterocycles. The van der Waals surface area contributed by atoms with Gasteiger partial charge in [0.1, 0.15) is 0 Å². The second-order valence-corrected chi connectivity index (χ2v) is 8.44. The molecule has 2 aromatic carbocycles. The Morgan fingerprint density at radius 3 is 2.24 bits per heavy atom. The summed E-state index contributed by atoms with van der Waals surface area (Å²) in [6, 6.07) is 15.8. The Morgan fingerprint density at radius 1 is 1.00 bits per heavy atom. The Morgan fingerprint density at radius 2 is 1.64 bits per heavy atom. The zero-order chi connectivity index (χ0) is 23.9. The van der Waals surface area contributed by atoms with Crippen molar-refractivity contribution in [1.29, 1.82) is 0 Å². The normalized spacial score (nSPS) is 12.2. The second-order valence-electron chi connectivity index (χ2n) is 6.62. The number of carbonyl (C=O) groups excluding carboxylic acids is 1. The van der Waals surface area contributed by atoms with Gasteiger partial charge in [0.25, 0.3) is 10.0 Å². The van der Waals surface area contributed by atoms with Crippen molar-refractivity contribution >= 4 is 27.7 Å². The Hall–Kier alpha value is -3.54. The molecule has 0 atom stereocenters. The number of hydroxylamine groups is 1. The smallest absolute Gasteiger partial charge is 0.323 e. The number of nitrogens with one attached hydrogen (secondary N) is 1. The number of benzene rings is 2. The summed E-state index contributed by atoms with van der Waals surface area (Å²) >= 11 is 0. The number of rotatable bonds is 8. The first-order valence-corrected chi connectivity index (χ1v) is 10.9. The number of alkyl halides is 3. The van der Waals surface area contributed by atoms with Crippen LogP contribution in [0.4, 0.5) is 18.9 Å². The van der Waals surface area contributed by atoms with Gasteiger partial charge in [-0.1, -0.05) is 34.8 Å². The molecule has 0 spiro atoms. The molecule has 3 rings (SSSR count). The van der Waals surface area contributed by atoms with Crippen LogP contribution in [0, 0.1) is 0 Å². The SMILES string of the molecule is O=C(/C=C/c1ccncc1)Nc1ccc(S(=O)(=O)N(Cc2ccccc2)OC(F)(F)F)cc1. The van der Waals surface area contributed by atoms with Crippen LogP contribution >= 0.6 is 0 Å². The minimum absolute atomic E-state index is 0.118. The summed E-state index contributed by atoms with van der Waals surface area (Å²) in [5.41, 5.74) is 1.31. The average Bonchev–Trinajstić information content (AvgIpc) is 2.78. The number of anilines is 1. The zero-order valence-corrected chi connectivity index (χ0v) is 17.8. The number of nitrogens with zero attached hydrogens (tertiary/aromatic N) is 2. The highest BCUT2D eigenvalue weighted by Gasteiger charge is 2.39. The molecule has 1 N–H and O–H groups in total. The number of pyridine rings is 1. The van der Waals surface area contributed by atoms with E-state index in [1.54, 1.807) is 48.8 Å². The first-order chi connectivity index (χ1) is 15.6. The Labute approximate surface area is 188 Å². The largest absolute Gasteiger partial charge is 0.540 e. The van der Waals surface area contributed by atoms with Gasteiger partial charge < -0.3 is 5.32 Å². The summed E-state index contributed by atoms with van der Waals surface area (Å²) in [6.07, 6.45) is 0.766. The lowest BCUT2D eigenvalue weighted by molar-refractivity contribution is -0.392. The van der Waals surface area contributed by atoms with Crippen molar-refractivity contribution in [3.63, 3.8) is 0 Å². The van der Waals surface area contributed by atoms with E-state index in [4.69, 9.17) is 0 Å². The predicted octanol–water partition coefficient (Wildman–Crippen LogP) is 4.38. The van der Waals surface area contributed by atoms with E-state index in [0.717, 1.165) is 17.7 Å². The molecule has 172 valence electrons. The van der Waals surface area contributed by atoms with Crippen LogP contribution in [0.15, 0.2) is 90.1 Å². The van der Waals surface area contributed by atoms with E-state index in [0.29, 0.717) is 5.56 Å². The van der Waals surface area contributed by atoms with Crippen molar-refractivity contribution in [2.45, 2.75) is 17.8 Å². The Balaban J connectivity index is 1.74. The monoisotopic (exact) mass is 477 g/mol. The van der Waals surface area contributed by atoms with Crippen LogP contribution < -0.4 is 5.32 Å². The quantitative estimate of drug-likeness (QED) is 0.384. The summed E-state index contributed by atoms with van der Waals surface area (Å²) in [7, 11) is -4.67. The van der Waals surface area contributed by atoms with E-state index in [1.807, 2.05) is 0 Å². The minimum atomic E-state index is -5.21. The predicted molar refractivity (Wildman–Crippen MR) is 115 cm³/mol. The number of carbonyl (C=O) groups is 1. The summed E-state index contributed by atoms with van der Waals surface area (Å²) in [6.45, 7) is -0.652. The standard InChI is InChI=1S/C22H18F3N3O4S/c23-22(24,25)32-28(16-18-4-2-1-3-5-18)33(30,31)20-9-7-19(8-10-20)27-21(29)11-6-17-12-14-26-15-13-17/h1-15H,16H2,(H,27,29)/b11-6+. The van der Waals surface area contributed by atoms with Crippen molar-refractivity contribution in [1.82, 2.24) is 9.45 Å². The van der Waals surface area contributed by atoms with Gasteiger partial charge in [-0.25, -0.2) is 8.42 Å². The molecule has 3 aromatic rings. The minimum Gasteiger partial charge on any atom is -0.323 e. The highest BCUT2D eigenvalue weighted by atomic mass is 32.2. The lowest BCUT2D eigenvalue weighted by Crippen LogP contribution is -2.36. The summed E-state index contributed by atoms with van der Waals surface area (Å²) in [5, 5.41) is 2.54. The molecule has 0 aliphatic carbocycles. The lowest BCUT2D eigenvalue weighted by atomic mass is 10.2. The maximum Gasteiger partial charge on any atom is 0.540 e. The maximum atomic E-state index is 12.9. The van der Waals surface area contributed by atoms with Gasteiger partial charge in [0.15, 0.2) is 0 Å². The molecule has 0 radical (unpaired) electrons. The number of hydrogen-bond acceptors (Lipinski definition) is 5. The molecule has 0 saturated carbocycles. The topological polar surface area (TPSA) is 88.6 Å². The number of aromatic nitrogens is 1. The molecule has 33 heavy (non-hydrogen) atoms. The van der Waals surface area contributed by atoms with Crippen molar-refractivity contribution in [2.75, 3.05) is 5.32 Å². The third-order valence-electron chi connectivity index (χ3n) is 4.18. The van der Waals surface area contributed by atoms with E-state index < -0.39 is 33.7 Å². The second kappa shape index (κ2) is 10.4. The molecule has 0 aliphatic rings. The van der Waals surface area contributed by atoms with Gasteiger partial charge in [-0.05, 0) is 53.6 Å². The van der Waals surface area contributed by atoms with Gasteiger partial charge in [-0.15, -0.1) is 13.2 Å². The molecular weight excluding hydrogens is 459 g/mol. The molecule has 1 aromatic heterocycles. The molecule has 0 unspecified atom stereocenters. The van der Waals surface area contributed by atoms with Crippen LogP contribution in [0.1, 0.15) is 11.1 Å². The molecular formula is C22H18F3N3O4S. The average molecular weight is 477 g/mol. The molecule has 0 bridgehead atoms. The van der Waals surface area contributed by atoms with Crippen LogP contribution in [-0.4, -0.2) is 30.1 Å². The summed E-state index contributed by atoms with van der Waals surface area (Å²) in [4.78, 5) is 19.3. The fourth-order valence-corrected chi connectivity index (χ4v) is 3.89. The van der Waals surface area contributed by atoms with E-state index in [2.05, 4.69) is 15.1 Å². The molecule has 0 saturated heterocycles. The maximum absolute atomic E-state index is 12.9. The molecule has 7 nitrogen and oxygen atoms in total. The van der Waals surface area contributed by atoms with E-state index in [-0.39, 0.29) is 10.2 Å². The number of sulfonamides is 1. The van der Waals surface area contributed by atoms with Crippen molar-refractivity contribution in [3.8, 4) is 0 Å². The van der Waals surface area contributed by atoms with Gasteiger partial charge in [0.2, 0.25) is 5.91 Å². The van der Waals surface area contributed by atoms with Crippen LogP contribution in [-0.2, 0) is 26.2 Å². The number of amides is 1. The fourth-order valence-electron chi connectivity index (χ4n) is 2.67. The van der Waals surface area contributed by atoms with Gasteiger partial charge in [-0.3, -0.25) is 9.78 Å². The third kappa shape index (κ3) is 7.24. The molecule has 0 fully saturated rings. The number of hydrogen-bond donors (Lipinski definition) is 1. The van der Waals surface area contributed by atoms with Crippen LogP contribution in [0.2, 0.25) is 0 Å². The van der Waals surface area contributed by atoms with Crippen molar-refractivity contribution in [2.24, 2.45) is 0 Å². The zero-order valence-electron chi connectivity index (χ0n) is 16.9. The van der Waals surface area contributed by atoms with Crippen molar-refractivity contribution in [3.05, 3.63) is 96.3 Å².